The van der Waals surface area contributed by atoms with Crippen LogP contribution in [0.4, 0.5) is 5.69 Å². The van der Waals surface area contributed by atoms with Crippen molar-refractivity contribution >= 4 is 28.9 Å². The predicted molar refractivity (Wildman–Crippen MR) is 82.8 cm³/mol. The first-order valence-electron chi connectivity index (χ1n) is 6.36. The van der Waals surface area contributed by atoms with Crippen LogP contribution in [0.2, 0.25) is 0 Å². The highest BCUT2D eigenvalue weighted by molar-refractivity contribution is 7.11. The van der Waals surface area contributed by atoms with Gasteiger partial charge in [0.15, 0.2) is 6.61 Å². The van der Waals surface area contributed by atoms with Gasteiger partial charge in [0.1, 0.15) is 16.4 Å². The SMILES string of the molecule is COc1cc(NC(=O)COC(=O)c2cccs2)cc(OC)c1. The van der Waals surface area contributed by atoms with Crippen LogP contribution in [0.1, 0.15) is 9.67 Å². The minimum atomic E-state index is -0.520. The topological polar surface area (TPSA) is 73.9 Å². The fraction of sp³-hybridized carbons (Fsp3) is 0.200. The molecule has 116 valence electrons. The molecule has 0 spiro atoms. The van der Waals surface area contributed by atoms with Gasteiger partial charge in [-0.05, 0) is 11.4 Å². The molecule has 0 saturated heterocycles. The molecule has 22 heavy (non-hydrogen) atoms. The lowest BCUT2D eigenvalue weighted by Crippen LogP contribution is -2.20. The third-order valence-electron chi connectivity index (χ3n) is 2.69. The lowest BCUT2D eigenvalue weighted by molar-refractivity contribution is -0.119. The number of benzene rings is 1. The van der Waals surface area contributed by atoms with Gasteiger partial charge in [0.25, 0.3) is 5.91 Å². The van der Waals surface area contributed by atoms with Crippen molar-refractivity contribution in [3.63, 3.8) is 0 Å². The minimum Gasteiger partial charge on any atom is -0.497 e. The van der Waals surface area contributed by atoms with Gasteiger partial charge < -0.3 is 19.5 Å². The summed E-state index contributed by atoms with van der Waals surface area (Å²) in [6, 6.07) is 8.34. The second-order valence-corrected chi connectivity index (χ2v) is 5.15. The first kappa shape index (κ1) is 15.8. The summed E-state index contributed by atoms with van der Waals surface area (Å²) >= 11 is 1.26. The quantitative estimate of drug-likeness (QED) is 0.828. The maximum atomic E-state index is 11.8. The molecule has 1 amide bonds. The number of hydrogen-bond acceptors (Lipinski definition) is 6. The molecule has 0 aliphatic heterocycles. The Labute approximate surface area is 131 Å². The number of carbonyl (C=O) groups is 2. The molecule has 1 aromatic carbocycles. The first-order valence-corrected chi connectivity index (χ1v) is 7.24. The van der Waals surface area contributed by atoms with E-state index in [0.717, 1.165) is 0 Å². The van der Waals surface area contributed by atoms with Crippen LogP contribution in [0, 0.1) is 0 Å². The van der Waals surface area contributed by atoms with Crippen LogP contribution in [0.5, 0.6) is 11.5 Å². The van der Waals surface area contributed by atoms with Crippen LogP contribution in [0.25, 0.3) is 0 Å². The number of ether oxygens (including phenoxy) is 3. The summed E-state index contributed by atoms with van der Waals surface area (Å²) in [5.74, 6) is 0.129. The van der Waals surface area contributed by atoms with Gasteiger partial charge >= 0.3 is 5.97 Å². The number of esters is 1. The number of hydrogen-bond donors (Lipinski definition) is 1. The molecule has 6 nitrogen and oxygen atoms in total. The fourth-order valence-corrected chi connectivity index (χ4v) is 2.29. The van der Waals surface area contributed by atoms with Gasteiger partial charge in [-0.2, -0.15) is 0 Å². The third kappa shape index (κ3) is 4.23. The van der Waals surface area contributed by atoms with E-state index in [0.29, 0.717) is 22.1 Å². The number of rotatable bonds is 6. The number of nitrogens with one attached hydrogen (secondary N) is 1. The lowest BCUT2D eigenvalue weighted by atomic mass is 10.2. The summed E-state index contributed by atoms with van der Waals surface area (Å²) in [7, 11) is 3.03. The number of anilines is 1. The predicted octanol–water partition coefficient (Wildman–Crippen LogP) is 2.56. The van der Waals surface area contributed by atoms with Crippen molar-refractivity contribution in [2.75, 3.05) is 26.1 Å². The van der Waals surface area contributed by atoms with E-state index in [9.17, 15) is 9.59 Å². The highest BCUT2D eigenvalue weighted by Crippen LogP contribution is 2.25. The molecule has 0 radical (unpaired) electrons. The zero-order valence-electron chi connectivity index (χ0n) is 12.1. The summed E-state index contributed by atoms with van der Waals surface area (Å²) in [6.07, 6.45) is 0. The Hall–Kier alpha value is -2.54. The number of methoxy groups -OCH3 is 2. The van der Waals surface area contributed by atoms with Gasteiger partial charge in [0.05, 0.1) is 14.2 Å². The van der Waals surface area contributed by atoms with Crippen LogP contribution in [0.3, 0.4) is 0 Å². The Balaban J connectivity index is 1.93. The smallest absolute Gasteiger partial charge is 0.348 e. The molecular formula is C15H15NO5S. The van der Waals surface area contributed by atoms with Crippen molar-refractivity contribution in [2.24, 2.45) is 0 Å². The molecule has 2 rings (SSSR count). The van der Waals surface area contributed by atoms with Crippen LogP contribution in [-0.4, -0.2) is 32.7 Å². The molecule has 0 bridgehead atoms. The van der Waals surface area contributed by atoms with Crippen molar-refractivity contribution in [2.45, 2.75) is 0 Å². The van der Waals surface area contributed by atoms with E-state index >= 15 is 0 Å². The maximum Gasteiger partial charge on any atom is 0.348 e. The van der Waals surface area contributed by atoms with Crippen molar-refractivity contribution in [1.82, 2.24) is 0 Å². The maximum absolute atomic E-state index is 11.8. The van der Waals surface area contributed by atoms with E-state index in [4.69, 9.17) is 14.2 Å². The molecule has 0 saturated carbocycles. The van der Waals surface area contributed by atoms with Crippen molar-refractivity contribution in [3.8, 4) is 11.5 Å². The van der Waals surface area contributed by atoms with Crippen molar-refractivity contribution in [1.29, 1.82) is 0 Å². The zero-order valence-corrected chi connectivity index (χ0v) is 12.9. The highest BCUT2D eigenvalue weighted by atomic mass is 32.1. The minimum absolute atomic E-state index is 0.365. The largest absolute Gasteiger partial charge is 0.497 e. The van der Waals surface area contributed by atoms with Gasteiger partial charge in [-0.15, -0.1) is 11.3 Å². The van der Waals surface area contributed by atoms with Crippen LogP contribution < -0.4 is 14.8 Å². The van der Waals surface area contributed by atoms with E-state index in [1.165, 1.54) is 25.6 Å². The summed E-state index contributed by atoms with van der Waals surface area (Å²) < 4.78 is 15.2. The standard InChI is InChI=1S/C15H15NO5S/c1-19-11-6-10(7-12(8-11)20-2)16-14(17)9-21-15(18)13-4-3-5-22-13/h3-8H,9H2,1-2H3,(H,16,17). The molecule has 1 N–H and O–H groups in total. The van der Waals surface area contributed by atoms with Crippen molar-refractivity contribution in [3.05, 3.63) is 40.6 Å². The first-order chi connectivity index (χ1) is 10.6. The van der Waals surface area contributed by atoms with Gasteiger partial charge in [0, 0.05) is 23.9 Å². The molecule has 0 atom stereocenters. The Morgan fingerprint density at radius 1 is 1.14 bits per heavy atom. The second-order valence-electron chi connectivity index (χ2n) is 4.20. The lowest BCUT2D eigenvalue weighted by Gasteiger charge is -2.10. The Morgan fingerprint density at radius 3 is 2.36 bits per heavy atom. The average Bonchev–Trinajstić information content (AvgIpc) is 3.06. The number of carbonyl (C=O) groups excluding carboxylic acids is 2. The monoisotopic (exact) mass is 321 g/mol. The van der Waals surface area contributed by atoms with Crippen molar-refractivity contribution < 1.29 is 23.8 Å². The molecule has 0 aliphatic rings. The van der Waals surface area contributed by atoms with Crippen LogP contribution in [-0.2, 0) is 9.53 Å². The average molecular weight is 321 g/mol. The van der Waals surface area contributed by atoms with E-state index in [1.807, 2.05) is 0 Å². The van der Waals surface area contributed by atoms with Crippen LogP contribution >= 0.6 is 11.3 Å². The molecule has 0 aliphatic carbocycles. The summed E-state index contributed by atoms with van der Waals surface area (Å²) in [5, 5.41) is 4.38. The molecule has 0 fully saturated rings. The number of thiophene rings is 1. The molecule has 2 aromatic rings. The highest BCUT2D eigenvalue weighted by Gasteiger charge is 2.12. The van der Waals surface area contributed by atoms with E-state index in [2.05, 4.69) is 5.32 Å². The second kappa shape index (κ2) is 7.46. The van der Waals surface area contributed by atoms with E-state index in [1.54, 1.807) is 35.7 Å². The number of amides is 1. The normalized spacial score (nSPS) is 9.91. The fourth-order valence-electron chi connectivity index (χ4n) is 1.67. The zero-order chi connectivity index (χ0) is 15.9. The van der Waals surface area contributed by atoms with E-state index in [-0.39, 0.29) is 6.61 Å². The van der Waals surface area contributed by atoms with Gasteiger partial charge in [0.2, 0.25) is 0 Å². The molecule has 1 aromatic heterocycles. The van der Waals surface area contributed by atoms with Crippen LogP contribution in [0.15, 0.2) is 35.7 Å². The Morgan fingerprint density at radius 2 is 1.82 bits per heavy atom. The van der Waals surface area contributed by atoms with Gasteiger partial charge in [-0.1, -0.05) is 6.07 Å². The molecule has 7 heteroatoms. The molecule has 0 unspecified atom stereocenters. The van der Waals surface area contributed by atoms with Gasteiger partial charge in [-0.25, -0.2) is 4.79 Å². The summed E-state index contributed by atoms with van der Waals surface area (Å²) in [4.78, 5) is 23.9. The Bertz CT molecular complexity index is 632. The summed E-state index contributed by atoms with van der Waals surface area (Å²) in [5.41, 5.74) is 0.494. The summed E-state index contributed by atoms with van der Waals surface area (Å²) in [6.45, 7) is -0.365. The third-order valence-corrected chi connectivity index (χ3v) is 3.54. The molecular weight excluding hydrogens is 306 g/mol. The van der Waals surface area contributed by atoms with E-state index < -0.39 is 11.9 Å². The van der Waals surface area contributed by atoms with Gasteiger partial charge in [-0.3, -0.25) is 4.79 Å². The Kier molecular flexibility index (Phi) is 5.37. The molecule has 1 heterocycles.